The summed E-state index contributed by atoms with van der Waals surface area (Å²) in [5.74, 6) is 0.803. The second-order valence-electron chi connectivity index (χ2n) is 5.62. The van der Waals surface area contributed by atoms with Crippen LogP contribution in [-0.2, 0) is 4.79 Å². The van der Waals surface area contributed by atoms with Gasteiger partial charge in [-0.15, -0.1) is 0 Å². The predicted molar refractivity (Wildman–Crippen MR) is 79.4 cm³/mol. The Morgan fingerprint density at radius 3 is 3.00 bits per heavy atom. The second kappa shape index (κ2) is 6.71. The van der Waals surface area contributed by atoms with Crippen LogP contribution in [0, 0.1) is 19.8 Å². The Bertz CT molecular complexity index is 436. The number of amides is 1. The number of hydrogen-bond donors (Lipinski definition) is 2. The molecule has 19 heavy (non-hydrogen) atoms. The standard InChI is InChI=1S/C16H24N2O/c1-12-5-6-13(2)15(10-12)18-16(19)8-7-14-4-3-9-17-11-14/h5-6,10,14,17H,3-4,7-9,11H2,1-2H3,(H,18,19). The topological polar surface area (TPSA) is 41.1 Å². The van der Waals surface area contributed by atoms with Gasteiger partial charge in [-0.05, 0) is 69.3 Å². The van der Waals surface area contributed by atoms with Crippen LogP contribution in [0.3, 0.4) is 0 Å². The molecule has 0 radical (unpaired) electrons. The molecule has 0 aliphatic carbocycles. The first-order valence-electron chi connectivity index (χ1n) is 7.23. The maximum atomic E-state index is 12.0. The van der Waals surface area contributed by atoms with E-state index >= 15 is 0 Å². The molecule has 1 saturated heterocycles. The van der Waals surface area contributed by atoms with Gasteiger partial charge in [-0.3, -0.25) is 4.79 Å². The summed E-state index contributed by atoms with van der Waals surface area (Å²) in [7, 11) is 0. The van der Waals surface area contributed by atoms with Crippen molar-refractivity contribution in [1.29, 1.82) is 0 Å². The van der Waals surface area contributed by atoms with E-state index in [1.165, 1.54) is 18.4 Å². The van der Waals surface area contributed by atoms with Crippen LogP contribution in [0.2, 0.25) is 0 Å². The molecule has 1 unspecified atom stereocenters. The van der Waals surface area contributed by atoms with Crippen molar-refractivity contribution in [2.24, 2.45) is 5.92 Å². The molecule has 1 aromatic rings. The Morgan fingerprint density at radius 1 is 1.42 bits per heavy atom. The zero-order valence-corrected chi connectivity index (χ0v) is 12.0. The molecule has 2 N–H and O–H groups in total. The van der Waals surface area contributed by atoms with Gasteiger partial charge < -0.3 is 10.6 Å². The highest BCUT2D eigenvalue weighted by molar-refractivity contribution is 5.91. The number of benzene rings is 1. The molecule has 2 rings (SSSR count). The van der Waals surface area contributed by atoms with Gasteiger partial charge in [-0.25, -0.2) is 0 Å². The Balaban J connectivity index is 1.81. The molecular weight excluding hydrogens is 236 g/mol. The van der Waals surface area contributed by atoms with E-state index in [2.05, 4.69) is 22.8 Å². The summed E-state index contributed by atoms with van der Waals surface area (Å²) >= 11 is 0. The first-order valence-corrected chi connectivity index (χ1v) is 7.23. The van der Waals surface area contributed by atoms with Crippen molar-refractivity contribution < 1.29 is 4.79 Å². The number of nitrogens with one attached hydrogen (secondary N) is 2. The number of piperidine rings is 1. The van der Waals surface area contributed by atoms with Gasteiger partial charge >= 0.3 is 0 Å². The minimum Gasteiger partial charge on any atom is -0.326 e. The summed E-state index contributed by atoms with van der Waals surface area (Å²) in [5, 5.41) is 6.42. The Hall–Kier alpha value is -1.35. The molecule has 0 bridgehead atoms. The van der Waals surface area contributed by atoms with Crippen molar-refractivity contribution in [1.82, 2.24) is 5.32 Å². The van der Waals surface area contributed by atoms with E-state index in [0.29, 0.717) is 12.3 Å². The summed E-state index contributed by atoms with van der Waals surface area (Å²) in [6, 6.07) is 6.16. The van der Waals surface area contributed by atoms with Crippen LogP contribution in [0.15, 0.2) is 18.2 Å². The van der Waals surface area contributed by atoms with Gasteiger partial charge in [0.25, 0.3) is 0 Å². The quantitative estimate of drug-likeness (QED) is 0.873. The highest BCUT2D eigenvalue weighted by Gasteiger charge is 2.14. The zero-order valence-electron chi connectivity index (χ0n) is 12.0. The van der Waals surface area contributed by atoms with Crippen LogP contribution in [0.4, 0.5) is 5.69 Å². The predicted octanol–water partition coefficient (Wildman–Crippen LogP) is 3.02. The van der Waals surface area contributed by atoms with Gasteiger partial charge in [-0.2, -0.15) is 0 Å². The molecule has 3 nitrogen and oxygen atoms in total. The largest absolute Gasteiger partial charge is 0.326 e. The number of carbonyl (C=O) groups is 1. The van der Waals surface area contributed by atoms with Gasteiger partial charge in [0.15, 0.2) is 0 Å². The van der Waals surface area contributed by atoms with E-state index in [0.717, 1.165) is 30.8 Å². The SMILES string of the molecule is Cc1ccc(C)c(NC(=O)CCC2CCCNC2)c1. The number of hydrogen-bond acceptors (Lipinski definition) is 2. The molecule has 1 heterocycles. The lowest BCUT2D eigenvalue weighted by molar-refractivity contribution is -0.116. The first-order chi connectivity index (χ1) is 9.15. The average molecular weight is 260 g/mol. The minimum atomic E-state index is 0.138. The maximum absolute atomic E-state index is 12.0. The molecule has 1 fully saturated rings. The number of carbonyl (C=O) groups excluding carboxylic acids is 1. The van der Waals surface area contributed by atoms with Gasteiger partial charge in [0, 0.05) is 12.1 Å². The third-order valence-electron chi connectivity index (χ3n) is 3.85. The van der Waals surface area contributed by atoms with Gasteiger partial charge in [0.1, 0.15) is 0 Å². The zero-order chi connectivity index (χ0) is 13.7. The van der Waals surface area contributed by atoms with Crippen molar-refractivity contribution in [2.45, 2.75) is 39.5 Å². The normalized spacial score (nSPS) is 19.2. The highest BCUT2D eigenvalue weighted by Crippen LogP contribution is 2.19. The Kier molecular flexibility index (Phi) is 4.97. The Morgan fingerprint density at radius 2 is 2.26 bits per heavy atom. The van der Waals surface area contributed by atoms with Crippen molar-refractivity contribution in [2.75, 3.05) is 18.4 Å². The van der Waals surface area contributed by atoms with E-state index in [1.54, 1.807) is 0 Å². The molecule has 104 valence electrons. The van der Waals surface area contributed by atoms with Crippen molar-refractivity contribution in [3.8, 4) is 0 Å². The fourth-order valence-corrected chi connectivity index (χ4v) is 2.59. The molecule has 3 heteroatoms. The number of aryl methyl sites for hydroxylation is 2. The highest BCUT2D eigenvalue weighted by atomic mass is 16.1. The van der Waals surface area contributed by atoms with Crippen LogP contribution in [0.25, 0.3) is 0 Å². The van der Waals surface area contributed by atoms with Gasteiger partial charge in [0.05, 0.1) is 0 Å². The Labute approximate surface area is 115 Å². The van der Waals surface area contributed by atoms with E-state index in [-0.39, 0.29) is 5.91 Å². The van der Waals surface area contributed by atoms with Gasteiger partial charge in [0.2, 0.25) is 5.91 Å². The third kappa shape index (κ3) is 4.35. The molecule has 0 aromatic heterocycles. The number of anilines is 1. The van der Waals surface area contributed by atoms with Crippen LogP contribution in [0.5, 0.6) is 0 Å². The molecule has 0 spiro atoms. The van der Waals surface area contributed by atoms with E-state index in [9.17, 15) is 4.79 Å². The average Bonchev–Trinajstić information content (AvgIpc) is 2.42. The van der Waals surface area contributed by atoms with E-state index < -0.39 is 0 Å². The van der Waals surface area contributed by atoms with Crippen molar-refractivity contribution >= 4 is 11.6 Å². The molecule has 1 amide bonds. The molecule has 1 atom stereocenters. The van der Waals surface area contributed by atoms with Crippen LogP contribution < -0.4 is 10.6 Å². The van der Waals surface area contributed by atoms with Crippen LogP contribution >= 0.6 is 0 Å². The summed E-state index contributed by atoms with van der Waals surface area (Å²) in [5.41, 5.74) is 3.25. The first kappa shape index (κ1) is 14.1. The van der Waals surface area contributed by atoms with E-state index in [1.807, 2.05) is 19.9 Å². The van der Waals surface area contributed by atoms with Crippen LogP contribution in [-0.4, -0.2) is 19.0 Å². The number of rotatable bonds is 4. The lowest BCUT2D eigenvalue weighted by Gasteiger charge is -2.22. The fourth-order valence-electron chi connectivity index (χ4n) is 2.59. The van der Waals surface area contributed by atoms with Crippen molar-refractivity contribution in [3.05, 3.63) is 29.3 Å². The molecule has 0 saturated carbocycles. The summed E-state index contributed by atoms with van der Waals surface area (Å²) in [6.45, 7) is 6.27. The maximum Gasteiger partial charge on any atom is 0.224 e. The molecule has 1 aromatic carbocycles. The fraction of sp³-hybridized carbons (Fsp3) is 0.562. The lowest BCUT2D eigenvalue weighted by atomic mass is 9.94. The third-order valence-corrected chi connectivity index (χ3v) is 3.85. The van der Waals surface area contributed by atoms with E-state index in [4.69, 9.17) is 0 Å². The minimum absolute atomic E-state index is 0.138. The molecule has 1 aliphatic heterocycles. The summed E-state index contributed by atoms with van der Waals surface area (Å²) in [4.78, 5) is 12.0. The van der Waals surface area contributed by atoms with Crippen LogP contribution in [0.1, 0.15) is 36.8 Å². The van der Waals surface area contributed by atoms with Gasteiger partial charge in [-0.1, -0.05) is 12.1 Å². The van der Waals surface area contributed by atoms with Crippen molar-refractivity contribution in [3.63, 3.8) is 0 Å². The summed E-state index contributed by atoms with van der Waals surface area (Å²) in [6.07, 6.45) is 4.11. The lowest BCUT2D eigenvalue weighted by Crippen LogP contribution is -2.30. The second-order valence-corrected chi connectivity index (χ2v) is 5.62. The smallest absolute Gasteiger partial charge is 0.224 e. The molecule has 1 aliphatic rings. The summed E-state index contributed by atoms with van der Waals surface area (Å²) < 4.78 is 0. The monoisotopic (exact) mass is 260 g/mol. The molecular formula is C16H24N2O.